The molecule has 168 valence electrons. The summed E-state index contributed by atoms with van der Waals surface area (Å²) in [7, 11) is 0. The summed E-state index contributed by atoms with van der Waals surface area (Å²) in [6, 6.07) is 8.68. The highest BCUT2D eigenvalue weighted by Crippen LogP contribution is 2.49. The molecule has 3 rings (SSSR count). The van der Waals surface area contributed by atoms with E-state index in [9.17, 15) is 18.4 Å². The van der Waals surface area contributed by atoms with Crippen LogP contribution < -0.4 is 11.1 Å². The summed E-state index contributed by atoms with van der Waals surface area (Å²) in [5.41, 5.74) is 6.92. The number of rotatable bonds is 9. The second kappa shape index (κ2) is 10.6. The molecule has 0 bridgehead atoms. The van der Waals surface area contributed by atoms with Crippen molar-refractivity contribution in [1.29, 1.82) is 0 Å². The summed E-state index contributed by atoms with van der Waals surface area (Å²) >= 11 is 0. The molecule has 1 aromatic carbocycles. The normalized spacial score (nSPS) is 14.5. The van der Waals surface area contributed by atoms with Gasteiger partial charge in [0.05, 0.1) is 12.0 Å². The lowest BCUT2D eigenvalue weighted by Gasteiger charge is -2.16. The van der Waals surface area contributed by atoms with Gasteiger partial charge in [-0.25, -0.2) is 13.6 Å². The second-order valence-electron chi connectivity index (χ2n) is 6.80. The van der Waals surface area contributed by atoms with Crippen LogP contribution >= 0.6 is 0 Å². The molecule has 1 amide bonds. The Hall–Kier alpha value is -3.30. The molecule has 1 heterocycles. The summed E-state index contributed by atoms with van der Waals surface area (Å²) in [5.74, 6) is -0.832. The van der Waals surface area contributed by atoms with Crippen LogP contribution in [-0.2, 0) is 21.6 Å². The molecule has 2 aromatic rings. The van der Waals surface area contributed by atoms with Crippen molar-refractivity contribution in [2.75, 3.05) is 6.54 Å². The SMILES string of the molecule is CC.Cc1ccccc1C1(/C(N)=N/OC(=O)c2cc(C(F)F)n(CCNC=O)n2)CC1. The molecule has 0 saturated heterocycles. The molecule has 1 fully saturated rings. The number of oxime groups is 1. The van der Waals surface area contributed by atoms with Gasteiger partial charge >= 0.3 is 5.97 Å². The number of hydrogen-bond donors (Lipinski definition) is 2. The molecule has 10 heteroatoms. The van der Waals surface area contributed by atoms with Gasteiger partial charge in [-0.15, -0.1) is 0 Å². The van der Waals surface area contributed by atoms with E-state index in [1.54, 1.807) is 0 Å². The van der Waals surface area contributed by atoms with Crippen LogP contribution in [0.4, 0.5) is 8.78 Å². The maximum atomic E-state index is 13.2. The van der Waals surface area contributed by atoms with Gasteiger partial charge in [0.2, 0.25) is 6.41 Å². The second-order valence-corrected chi connectivity index (χ2v) is 6.80. The van der Waals surface area contributed by atoms with Gasteiger partial charge in [-0.3, -0.25) is 9.48 Å². The molecular weight excluding hydrogens is 408 g/mol. The first-order valence-electron chi connectivity index (χ1n) is 10.0. The number of carbonyl (C=O) groups is 2. The zero-order valence-electron chi connectivity index (χ0n) is 17.8. The molecule has 0 atom stereocenters. The first-order chi connectivity index (χ1) is 14.9. The minimum atomic E-state index is -2.84. The molecule has 0 spiro atoms. The van der Waals surface area contributed by atoms with Crippen LogP contribution in [0, 0.1) is 6.92 Å². The van der Waals surface area contributed by atoms with E-state index in [-0.39, 0.29) is 24.6 Å². The molecule has 0 aliphatic heterocycles. The van der Waals surface area contributed by atoms with Crippen molar-refractivity contribution < 1.29 is 23.2 Å². The predicted molar refractivity (Wildman–Crippen MR) is 112 cm³/mol. The lowest BCUT2D eigenvalue weighted by Crippen LogP contribution is -2.30. The molecule has 3 N–H and O–H groups in total. The number of aromatic nitrogens is 2. The van der Waals surface area contributed by atoms with Crippen LogP contribution in [0.1, 0.15) is 60.4 Å². The van der Waals surface area contributed by atoms with Crippen LogP contribution in [0.3, 0.4) is 0 Å². The molecule has 0 unspecified atom stereocenters. The van der Waals surface area contributed by atoms with Crippen molar-refractivity contribution in [2.24, 2.45) is 10.9 Å². The van der Waals surface area contributed by atoms with Crippen molar-refractivity contribution in [2.45, 2.75) is 52.0 Å². The van der Waals surface area contributed by atoms with Crippen molar-refractivity contribution in [3.63, 3.8) is 0 Å². The summed E-state index contributed by atoms with van der Waals surface area (Å²) in [6.07, 6.45) is -0.845. The fourth-order valence-electron chi connectivity index (χ4n) is 3.24. The molecular formula is C21H27F2N5O3. The lowest BCUT2D eigenvalue weighted by molar-refractivity contribution is -0.109. The Balaban J connectivity index is 0.00000166. The minimum Gasteiger partial charge on any atom is -0.384 e. The fourth-order valence-corrected chi connectivity index (χ4v) is 3.24. The Kier molecular flexibility index (Phi) is 8.23. The quantitative estimate of drug-likeness (QED) is 0.157. The van der Waals surface area contributed by atoms with E-state index in [1.165, 1.54) is 0 Å². The molecule has 1 aromatic heterocycles. The average molecular weight is 435 g/mol. The summed E-state index contributed by atoms with van der Waals surface area (Å²) in [6.45, 7) is 6.03. The average Bonchev–Trinajstić information content (AvgIpc) is 3.46. The van der Waals surface area contributed by atoms with Gasteiger partial charge in [0.1, 0.15) is 5.69 Å². The van der Waals surface area contributed by atoms with E-state index in [2.05, 4.69) is 15.6 Å². The van der Waals surface area contributed by atoms with Gasteiger partial charge < -0.3 is 15.9 Å². The van der Waals surface area contributed by atoms with E-state index in [1.807, 2.05) is 45.0 Å². The van der Waals surface area contributed by atoms with E-state index in [4.69, 9.17) is 10.6 Å². The van der Waals surface area contributed by atoms with E-state index in [0.717, 1.165) is 34.7 Å². The number of aryl methyl sites for hydroxylation is 1. The zero-order chi connectivity index (χ0) is 23.0. The topological polar surface area (TPSA) is 112 Å². The zero-order valence-corrected chi connectivity index (χ0v) is 17.8. The maximum Gasteiger partial charge on any atom is 0.385 e. The number of alkyl halides is 2. The fraction of sp³-hybridized carbons (Fsp3) is 0.429. The van der Waals surface area contributed by atoms with Gasteiger partial charge in [0.15, 0.2) is 11.5 Å². The standard InChI is InChI=1S/C19H21F2N5O3.C2H6/c1-12-4-2-3-5-13(12)19(6-7-19)18(22)25-29-17(28)14-10-15(16(20)21)26(24-14)9-8-23-11-27;1-2/h2-5,10-11,16H,6-9H2,1H3,(H2,22,25)(H,23,27);1-2H3. The summed E-state index contributed by atoms with van der Waals surface area (Å²) in [5, 5.41) is 9.93. The number of nitrogens with zero attached hydrogens (tertiary/aromatic N) is 3. The molecule has 31 heavy (non-hydrogen) atoms. The van der Waals surface area contributed by atoms with E-state index in [0.29, 0.717) is 6.41 Å². The lowest BCUT2D eigenvalue weighted by atomic mass is 9.91. The van der Waals surface area contributed by atoms with Crippen molar-refractivity contribution >= 4 is 18.2 Å². The molecule has 1 saturated carbocycles. The van der Waals surface area contributed by atoms with Gasteiger partial charge in [0.25, 0.3) is 6.43 Å². The van der Waals surface area contributed by atoms with Crippen LogP contribution in [0.25, 0.3) is 0 Å². The van der Waals surface area contributed by atoms with E-state index < -0.39 is 23.5 Å². The Bertz CT molecular complexity index is 939. The number of hydrogen-bond acceptors (Lipinski definition) is 5. The number of nitrogens with two attached hydrogens (primary N) is 1. The van der Waals surface area contributed by atoms with Crippen LogP contribution in [0.15, 0.2) is 35.5 Å². The van der Waals surface area contributed by atoms with Crippen LogP contribution in [0.2, 0.25) is 0 Å². The van der Waals surface area contributed by atoms with E-state index >= 15 is 0 Å². The van der Waals surface area contributed by atoms with Gasteiger partial charge in [-0.05, 0) is 30.9 Å². The number of carbonyl (C=O) groups excluding carboxylic acids is 2. The number of halogens is 2. The number of amidine groups is 1. The van der Waals surface area contributed by atoms with Crippen LogP contribution in [0.5, 0.6) is 0 Å². The third kappa shape index (κ3) is 5.44. The number of benzene rings is 1. The monoisotopic (exact) mass is 435 g/mol. The number of nitrogens with one attached hydrogen (secondary N) is 1. The Morgan fingerprint density at radius 2 is 2.06 bits per heavy atom. The molecule has 1 aliphatic rings. The highest BCUT2D eigenvalue weighted by atomic mass is 19.3. The van der Waals surface area contributed by atoms with Crippen molar-refractivity contribution in [3.05, 3.63) is 52.8 Å². The first kappa shape index (κ1) is 24.0. The van der Waals surface area contributed by atoms with Gasteiger partial charge in [0, 0.05) is 12.6 Å². The van der Waals surface area contributed by atoms with Gasteiger partial charge in [-0.2, -0.15) is 5.10 Å². The third-order valence-electron chi connectivity index (χ3n) is 4.92. The van der Waals surface area contributed by atoms with Crippen LogP contribution in [-0.4, -0.2) is 34.5 Å². The highest BCUT2D eigenvalue weighted by Gasteiger charge is 2.49. The number of amides is 1. The highest BCUT2D eigenvalue weighted by molar-refractivity contribution is 5.95. The Labute approximate surface area is 179 Å². The largest absolute Gasteiger partial charge is 0.385 e. The van der Waals surface area contributed by atoms with Gasteiger partial charge in [-0.1, -0.05) is 43.3 Å². The smallest absolute Gasteiger partial charge is 0.384 e. The molecule has 8 nitrogen and oxygen atoms in total. The summed E-state index contributed by atoms with van der Waals surface area (Å²) < 4.78 is 27.3. The van der Waals surface area contributed by atoms with Crippen molar-refractivity contribution in [1.82, 2.24) is 15.1 Å². The first-order valence-corrected chi connectivity index (χ1v) is 10.0. The third-order valence-corrected chi connectivity index (χ3v) is 4.92. The molecule has 1 aliphatic carbocycles. The Morgan fingerprint density at radius 3 is 2.65 bits per heavy atom. The molecule has 0 radical (unpaired) electrons. The minimum absolute atomic E-state index is 0.0203. The predicted octanol–water partition coefficient (Wildman–Crippen LogP) is 3.06. The Morgan fingerprint density at radius 1 is 1.39 bits per heavy atom. The summed E-state index contributed by atoms with van der Waals surface area (Å²) in [4.78, 5) is 27.4. The van der Waals surface area contributed by atoms with Crippen molar-refractivity contribution in [3.8, 4) is 0 Å². The maximum absolute atomic E-state index is 13.2.